The van der Waals surface area contributed by atoms with Gasteiger partial charge in [-0.1, -0.05) is 6.92 Å². The van der Waals surface area contributed by atoms with Crippen molar-refractivity contribution in [2.75, 3.05) is 6.54 Å². The smallest absolute Gasteiger partial charge is 0.240 e. The Balaban J connectivity index is 1.93. The van der Waals surface area contributed by atoms with Gasteiger partial charge < -0.3 is 0 Å². The van der Waals surface area contributed by atoms with Gasteiger partial charge in [0.25, 0.3) is 0 Å². The second-order valence-corrected chi connectivity index (χ2v) is 6.41. The van der Waals surface area contributed by atoms with E-state index in [2.05, 4.69) is 9.82 Å². The maximum absolute atomic E-state index is 12.8. The van der Waals surface area contributed by atoms with Gasteiger partial charge in [-0.25, -0.2) is 17.5 Å². The number of nitrogens with zero attached hydrogens (tertiary/aromatic N) is 2. The molecular formula is C13H16FN3O2S. The Bertz CT molecular complexity index is 639. The van der Waals surface area contributed by atoms with E-state index in [4.69, 9.17) is 0 Å². The number of nitrogens with one attached hydrogen (secondary N) is 1. The predicted molar refractivity (Wildman–Crippen MR) is 73.0 cm³/mol. The Kier molecular flexibility index (Phi) is 4.51. The van der Waals surface area contributed by atoms with Gasteiger partial charge >= 0.3 is 0 Å². The van der Waals surface area contributed by atoms with Crippen LogP contribution >= 0.6 is 0 Å². The molecule has 7 heteroatoms. The minimum absolute atomic E-state index is 0.0604. The Morgan fingerprint density at radius 3 is 2.65 bits per heavy atom. The van der Waals surface area contributed by atoms with Crippen LogP contribution in [0.25, 0.3) is 0 Å². The van der Waals surface area contributed by atoms with Crippen LogP contribution in [0.3, 0.4) is 0 Å². The van der Waals surface area contributed by atoms with Gasteiger partial charge in [-0.2, -0.15) is 5.10 Å². The van der Waals surface area contributed by atoms with Crippen molar-refractivity contribution >= 4 is 10.0 Å². The van der Waals surface area contributed by atoms with Crippen molar-refractivity contribution in [3.8, 4) is 0 Å². The fourth-order valence-electron chi connectivity index (χ4n) is 1.74. The molecule has 0 aliphatic rings. The maximum atomic E-state index is 12.8. The highest BCUT2D eigenvalue weighted by molar-refractivity contribution is 7.89. The van der Waals surface area contributed by atoms with Gasteiger partial charge in [0.15, 0.2) is 0 Å². The van der Waals surface area contributed by atoms with E-state index in [9.17, 15) is 12.8 Å². The Hall–Kier alpha value is -1.73. The lowest BCUT2D eigenvalue weighted by Gasteiger charge is -2.13. The topological polar surface area (TPSA) is 64.0 Å². The fourth-order valence-corrected chi connectivity index (χ4v) is 2.91. The zero-order chi connectivity index (χ0) is 14.6. The molecule has 1 aromatic carbocycles. The first kappa shape index (κ1) is 14.7. The molecule has 0 amide bonds. The molecule has 0 saturated heterocycles. The molecule has 0 spiro atoms. The fraction of sp³-hybridized carbons (Fsp3) is 0.308. The third-order valence-electron chi connectivity index (χ3n) is 2.80. The molecule has 0 bridgehead atoms. The van der Waals surface area contributed by atoms with Crippen molar-refractivity contribution in [2.24, 2.45) is 5.92 Å². The van der Waals surface area contributed by atoms with Gasteiger partial charge in [0.1, 0.15) is 5.82 Å². The zero-order valence-corrected chi connectivity index (χ0v) is 11.8. The normalized spacial score (nSPS) is 13.3. The average molecular weight is 297 g/mol. The molecule has 0 aliphatic carbocycles. The van der Waals surface area contributed by atoms with Crippen LogP contribution < -0.4 is 4.72 Å². The molecule has 0 unspecified atom stereocenters. The molecule has 1 atom stereocenters. The number of rotatable bonds is 6. The van der Waals surface area contributed by atoms with Crippen LogP contribution in [-0.2, 0) is 16.6 Å². The standard InChI is InChI=1S/C13H16FN3O2S/c1-11(10-17-8-2-7-15-17)9-16-20(18,19)13-5-3-12(14)4-6-13/h2-8,11,16H,9-10H2,1H3/t11-/m0/s1. The van der Waals surface area contributed by atoms with Crippen molar-refractivity contribution < 1.29 is 12.8 Å². The maximum Gasteiger partial charge on any atom is 0.240 e. The van der Waals surface area contributed by atoms with Crippen LogP contribution in [0.15, 0.2) is 47.6 Å². The summed E-state index contributed by atoms with van der Waals surface area (Å²) in [6.07, 6.45) is 3.50. The monoisotopic (exact) mass is 297 g/mol. The Morgan fingerprint density at radius 1 is 1.35 bits per heavy atom. The highest BCUT2D eigenvalue weighted by atomic mass is 32.2. The summed E-state index contributed by atoms with van der Waals surface area (Å²) in [5.74, 6) is -0.374. The van der Waals surface area contributed by atoms with Gasteiger partial charge in [0, 0.05) is 25.5 Å². The Labute approximate surface area is 117 Å². The summed E-state index contributed by atoms with van der Waals surface area (Å²) in [6, 6.07) is 6.56. The van der Waals surface area contributed by atoms with E-state index < -0.39 is 15.8 Å². The summed E-state index contributed by atoms with van der Waals surface area (Å²) >= 11 is 0. The van der Waals surface area contributed by atoms with E-state index in [0.717, 1.165) is 12.1 Å². The number of sulfonamides is 1. The van der Waals surface area contributed by atoms with E-state index >= 15 is 0 Å². The van der Waals surface area contributed by atoms with Gasteiger partial charge in [-0.15, -0.1) is 0 Å². The highest BCUT2D eigenvalue weighted by Gasteiger charge is 2.15. The molecule has 0 radical (unpaired) electrons. The molecule has 1 N–H and O–H groups in total. The molecule has 2 aromatic rings. The third-order valence-corrected chi connectivity index (χ3v) is 4.24. The van der Waals surface area contributed by atoms with Crippen molar-refractivity contribution in [1.82, 2.24) is 14.5 Å². The van der Waals surface area contributed by atoms with Crippen LogP contribution in [0.4, 0.5) is 4.39 Å². The summed E-state index contributed by atoms with van der Waals surface area (Å²) in [6.45, 7) is 2.84. The summed E-state index contributed by atoms with van der Waals surface area (Å²) in [5.41, 5.74) is 0. The number of benzene rings is 1. The molecular weight excluding hydrogens is 281 g/mol. The first-order valence-corrected chi connectivity index (χ1v) is 7.68. The van der Waals surface area contributed by atoms with E-state index in [0.29, 0.717) is 13.1 Å². The number of hydrogen-bond acceptors (Lipinski definition) is 3. The molecule has 0 aliphatic heterocycles. The van der Waals surface area contributed by atoms with Crippen LogP contribution in [0.2, 0.25) is 0 Å². The van der Waals surface area contributed by atoms with Crippen molar-refractivity contribution in [1.29, 1.82) is 0 Å². The van der Waals surface area contributed by atoms with Gasteiger partial charge in [-0.05, 0) is 36.2 Å². The van der Waals surface area contributed by atoms with E-state index in [1.165, 1.54) is 12.1 Å². The molecule has 0 fully saturated rings. The lowest BCUT2D eigenvalue weighted by atomic mass is 10.2. The van der Waals surface area contributed by atoms with Gasteiger partial charge in [0.05, 0.1) is 4.90 Å². The summed E-state index contributed by atoms with van der Waals surface area (Å²) in [5, 5.41) is 4.07. The lowest BCUT2D eigenvalue weighted by molar-refractivity contribution is 0.443. The molecule has 1 heterocycles. The second-order valence-electron chi connectivity index (χ2n) is 4.64. The van der Waals surface area contributed by atoms with Crippen molar-refractivity contribution in [3.05, 3.63) is 48.5 Å². The number of aromatic nitrogens is 2. The first-order valence-electron chi connectivity index (χ1n) is 6.20. The molecule has 20 heavy (non-hydrogen) atoms. The quantitative estimate of drug-likeness (QED) is 0.881. The Morgan fingerprint density at radius 2 is 2.05 bits per heavy atom. The highest BCUT2D eigenvalue weighted by Crippen LogP contribution is 2.10. The van der Waals surface area contributed by atoms with Crippen molar-refractivity contribution in [2.45, 2.75) is 18.4 Å². The zero-order valence-electron chi connectivity index (χ0n) is 11.0. The SMILES string of the molecule is C[C@@H](CNS(=O)(=O)c1ccc(F)cc1)Cn1cccn1. The van der Waals surface area contributed by atoms with Crippen LogP contribution in [0.1, 0.15) is 6.92 Å². The van der Waals surface area contributed by atoms with E-state index in [-0.39, 0.29) is 10.8 Å². The van der Waals surface area contributed by atoms with Crippen molar-refractivity contribution in [3.63, 3.8) is 0 Å². The summed E-state index contributed by atoms with van der Waals surface area (Å²) in [7, 11) is -3.60. The molecule has 5 nitrogen and oxygen atoms in total. The van der Waals surface area contributed by atoms with E-state index in [1.54, 1.807) is 10.9 Å². The second kappa shape index (κ2) is 6.15. The molecule has 108 valence electrons. The van der Waals surface area contributed by atoms with E-state index in [1.807, 2.05) is 19.2 Å². The first-order chi connectivity index (χ1) is 9.47. The minimum Gasteiger partial charge on any atom is -0.272 e. The largest absolute Gasteiger partial charge is 0.272 e. The lowest BCUT2D eigenvalue weighted by Crippen LogP contribution is -2.30. The van der Waals surface area contributed by atoms with Gasteiger partial charge in [-0.3, -0.25) is 4.68 Å². The van der Waals surface area contributed by atoms with Crippen LogP contribution in [-0.4, -0.2) is 24.7 Å². The summed E-state index contributed by atoms with van der Waals surface area (Å²) < 4.78 is 41.0. The number of halogens is 1. The average Bonchev–Trinajstić information content (AvgIpc) is 2.90. The number of hydrogen-bond donors (Lipinski definition) is 1. The van der Waals surface area contributed by atoms with Crippen LogP contribution in [0.5, 0.6) is 0 Å². The van der Waals surface area contributed by atoms with Gasteiger partial charge in [0.2, 0.25) is 10.0 Å². The predicted octanol–water partition coefficient (Wildman–Crippen LogP) is 1.64. The van der Waals surface area contributed by atoms with Crippen LogP contribution in [0, 0.1) is 11.7 Å². The summed E-state index contributed by atoms with van der Waals surface area (Å²) in [4.78, 5) is 0.0604. The third kappa shape index (κ3) is 3.88. The molecule has 1 aromatic heterocycles. The minimum atomic E-state index is -3.60. The molecule has 0 saturated carbocycles. The molecule has 2 rings (SSSR count).